The molecule has 0 aromatic heterocycles. The van der Waals surface area contributed by atoms with E-state index in [4.69, 9.17) is 5.73 Å². The number of esters is 1. The highest BCUT2D eigenvalue weighted by atomic mass is 35.5. The Morgan fingerprint density at radius 3 is 2.44 bits per heavy atom. The number of hydrogen-bond acceptors (Lipinski definition) is 4. The van der Waals surface area contributed by atoms with Crippen molar-refractivity contribution in [3.05, 3.63) is 29.8 Å². The number of nitrogens with two attached hydrogens (primary N) is 1. The van der Waals surface area contributed by atoms with Gasteiger partial charge in [-0.15, -0.1) is 24.2 Å². The first-order valence-corrected chi connectivity index (χ1v) is 5.86. The average molecular weight is 262 g/mol. The van der Waals surface area contributed by atoms with Crippen LogP contribution in [-0.2, 0) is 9.53 Å². The average Bonchev–Trinajstić information content (AvgIpc) is 2.29. The molecule has 0 saturated carbocycles. The molecule has 1 aromatic rings. The summed E-state index contributed by atoms with van der Waals surface area (Å²) in [6.45, 7) is 0. The van der Waals surface area contributed by atoms with Gasteiger partial charge >= 0.3 is 5.97 Å². The lowest BCUT2D eigenvalue weighted by Gasteiger charge is -2.10. The zero-order valence-electron chi connectivity index (χ0n) is 9.30. The molecular formula is C11H16ClNO2S. The second kappa shape index (κ2) is 7.54. The first-order chi connectivity index (χ1) is 7.17. The lowest BCUT2D eigenvalue weighted by atomic mass is 10.1. The summed E-state index contributed by atoms with van der Waals surface area (Å²) in [5.41, 5.74) is 6.81. The first kappa shape index (κ1) is 15.3. The normalized spacial score (nSPS) is 11.4. The number of thioether (sulfide) groups is 1. The molecule has 0 spiro atoms. The summed E-state index contributed by atoms with van der Waals surface area (Å²) in [6.07, 6.45) is 2.23. The molecule has 0 saturated heterocycles. The largest absolute Gasteiger partial charge is 0.469 e. The van der Waals surface area contributed by atoms with E-state index in [1.165, 1.54) is 12.0 Å². The lowest BCUT2D eigenvalue weighted by molar-refractivity contribution is -0.141. The summed E-state index contributed by atoms with van der Waals surface area (Å²) >= 11 is 1.68. The standard InChI is InChI=1S/C11H15NO2S.ClH/c1-14-11(13)7-10(12)8-3-5-9(15-2)6-4-8;/h3-6,10H,7,12H2,1-2H3;1H/t10-;/m1./s1. The number of halogens is 1. The molecule has 0 aliphatic carbocycles. The molecule has 16 heavy (non-hydrogen) atoms. The highest BCUT2D eigenvalue weighted by Gasteiger charge is 2.11. The van der Waals surface area contributed by atoms with Crippen molar-refractivity contribution in [1.29, 1.82) is 0 Å². The van der Waals surface area contributed by atoms with Crippen LogP contribution in [0.3, 0.4) is 0 Å². The van der Waals surface area contributed by atoms with E-state index in [9.17, 15) is 4.79 Å². The molecule has 5 heteroatoms. The Balaban J connectivity index is 0.00000225. The fraction of sp³-hybridized carbons (Fsp3) is 0.364. The monoisotopic (exact) mass is 261 g/mol. The number of methoxy groups -OCH3 is 1. The Hall–Kier alpha value is -0.710. The lowest BCUT2D eigenvalue weighted by Crippen LogP contribution is -2.16. The van der Waals surface area contributed by atoms with Crippen LogP contribution in [0.25, 0.3) is 0 Å². The molecule has 0 radical (unpaired) electrons. The molecule has 2 N–H and O–H groups in total. The zero-order chi connectivity index (χ0) is 11.3. The summed E-state index contributed by atoms with van der Waals surface area (Å²) < 4.78 is 4.56. The summed E-state index contributed by atoms with van der Waals surface area (Å²) in [4.78, 5) is 12.2. The van der Waals surface area contributed by atoms with Gasteiger partial charge < -0.3 is 10.5 Å². The molecule has 0 aliphatic heterocycles. The maximum atomic E-state index is 11.0. The van der Waals surface area contributed by atoms with Crippen molar-refractivity contribution in [3.63, 3.8) is 0 Å². The van der Waals surface area contributed by atoms with E-state index < -0.39 is 0 Å². The van der Waals surface area contributed by atoms with E-state index >= 15 is 0 Å². The van der Waals surface area contributed by atoms with Crippen LogP contribution >= 0.6 is 24.2 Å². The fourth-order valence-electron chi connectivity index (χ4n) is 1.23. The number of rotatable bonds is 4. The minimum absolute atomic E-state index is 0. The molecule has 0 bridgehead atoms. The van der Waals surface area contributed by atoms with Gasteiger partial charge in [0.2, 0.25) is 0 Å². The van der Waals surface area contributed by atoms with Gasteiger partial charge in [-0.1, -0.05) is 12.1 Å². The van der Waals surface area contributed by atoms with Crippen LogP contribution in [0, 0.1) is 0 Å². The fourth-order valence-corrected chi connectivity index (χ4v) is 1.64. The first-order valence-electron chi connectivity index (χ1n) is 4.63. The Kier molecular flexibility index (Phi) is 7.21. The number of carbonyl (C=O) groups is 1. The number of ether oxygens (including phenoxy) is 1. The van der Waals surface area contributed by atoms with Crippen LogP contribution in [0.15, 0.2) is 29.2 Å². The van der Waals surface area contributed by atoms with Crippen molar-refractivity contribution < 1.29 is 9.53 Å². The van der Waals surface area contributed by atoms with Crippen molar-refractivity contribution in [3.8, 4) is 0 Å². The molecule has 0 amide bonds. The summed E-state index contributed by atoms with van der Waals surface area (Å²) in [6, 6.07) is 7.60. The third kappa shape index (κ3) is 4.43. The third-order valence-corrected chi connectivity index (χ3v) is 2.90. The van der Waals surface area contributed by atoms with E-state index in [0.717, 1.165) is 5.56 Å². The highest BCUT2D eigenvalue weighted by molar-refractivity contribution is 7.98. The van der Waals surface area contributed by atoms with Crippen molar-refractivity contribution in [2.75, 3.05) is 13.4 Å². The van der Waals surface area contributed by atoms with Crippen molar-refractivity contribution in [2.24, 2.45) is 5.73 Å². The van der Waals surface area contributed by atoms with Crippen LogP contribution in [0.5, 0.6) is 0 Å². The second-order valence-corrected chi connectivity index (χ2v) is 4.04. The smallest absolute Gasteiger partial charge is 0.307 e. The van der Waals surface area contributed by atoms with Gasteiger partial charge in [0.05, 0.1) is 13.5 Å². The predicted molar refractivity (Wildman–Crippen MR) is 69.0 cm³/mol. The zero-order valence-corrected chi connectivity index (χ0v) is 10.9. The molecule has 1 atom stereocenters. The third-order valence-electron chi connectivity index (χ3n) is 2.16. The molecule has 0 heterocycles. The van der Waals surface area contributed by atoms with Gasteiger partial charge in [0.15, 0.2) is 0 Å². The molecule has 1 rings (SSSR count). The van der Waals surface area contributed by atoms with Crippen LogP contribution in [0.2, 0.25) is 0 Å². The summed E-state index contributed by atoms with van der Waals surface area (Å²) in [7, 11) is 1.37. The summed E-state index contributed by atoms with van der Waals surface area (Å²) in [5.74, 6) is -0.281. The molecule has 1 aromatic carbocycles. The molecular weight excluding hydrogens is 246 g/mol. The van der Waals surface area contributed by atoms with E-state index in [-0.39, 0.29) is 30.8 Å². The van der Waals surface area contributed by atoms with Crippen molar-refractivity contribution in [1.82, 2.24) is 0 Å². The summed E-state index contributed by atoms with van der Waals surface area (Å²) in [5, 5.41) is 0. The van der Waals surface area contributed by atoms with Crippen molar-refractivity contribution in [2.45, 2.75) is 17.4 Å². The van der Waals surface area contributed by atoms with Gasteiger partial charge in [0.25, 0.3) is 0 Å². The molecule has 3 nitrogen and oxygen atoms in total. The Bertz CT molecular complexity index is 329. The van der Waals surface area contributed by atoms with E-state index in [1.54, 1.807) is 11.8 Å². The van der Waals surface area contributed by atoms with Gasteiger partial charge in [-0.25, -0.2) is 0 Å². The Labute approximate surface area is 106 Å². The topological polar surface area (TPSA) is 52.3 Å². The molecule has 90 valence electrons. The Morgan fingerprint density at radius 2 is 2.00 bits per heavy atom. The maximum Gasteiger partial charge on any atom is 0.307 e. The number of benzene rings is 1. The number of carbonyl (C=O) groups excluding carboxylic acids is 1. The van der Waals surface area contributed by atoms with E-state index in [1.807, 2.05) is 30.5 Å². The van der Waals surface area contributed by atoms with Crippen molar-refractivity contribution >= 4 is 30.1 Å². The Morgan fingerprint density at radius 1 is 1.44 bits per heavy atom. The van der Waals surface area contributed by atoms with Crippen LogP contribution in [0.4, 0.5) is 0 Å². The quantitative estimate of drug-likeness (QED) is 0.668. The van der Waals surface area contributed by atoms with E-state index in [2.05, 4.69) is 4.74 Å². The minimum Gasteiger partial charge on any atom is -0.469 e. The minimum atomic E-state index is -0.284. The predicted octanol–water partition coefficient (Wildman–Crippen LogP) is 2.39. The van der Waals surface area contributed by atoms with Gasteiger partial charge in [0.1, 0.15) is 0 Å². The van der Waals surface area contributed by atoms with Crippen LogP contribution in [-0.4, -0.2) is 19.3 Å². The number of hydrogen-bond donors (Lipinski definition) is 1. The SMILES string of the molecule is COC(=O)C[C@@H](N)c1ccc(SC)cc1.Cl. The second-order valence-electron chi connectivity index (χ2n) is 3.16. The van der Waals surface area contributed by atoms with Gasteiger partial charge in [-0.2, -0.15) is 0 Å². The molecule has 0 unspecified atom stereocenters. The van der Waals surface area contributed by atoms with E-state index in [0.29, 0.717) is 0 Å². The maximum absolute atomic E-state index is 11.0. The van der Waals surface area contributed by atoms with Gasteiger partial charge in [-0.3, -0.25) is 4.79 Å². The van der Waals surface area contributed by atoms with Crippen LogP contribution in [0.1, 0.15) is 18.0 Å². The van der Waals surface area contributed by atoms with Crippen LogP contribution < -0.4 is 5.73 Å². The molecule has 0 aliphatic rings. The highest BCUT2D eigenvalue weighted by Crippen LogP contribution is 2.19. The molecule has 0 fully saturated rings. The van der Waals surface area contributed by atoms with Gasteiger partial charge in [0, 0.05) is 10.9 Å². The van der Waals surface area contributed by atoms with Gasteiger partial charge in [-0.05, 0) is 24.0 Å².